The highest BCUT2D eigenvalue weighted by molar-refractivity contribution is 7.82. The summed E-state index contributed by atoms with van der Waals surface area (Å²) in [4.78, 5) is 5.74. The van der Waals surface area contributed by atoms with Gasteiger partial charge in [0.05, 0.1) is 27.5 Å². The highest BCUT2D eigenvalue weighted by Gasteiger charge is 2.26. The highest BCUT2D eigenvalue weighted by atomic mass is 32.2. The van der Waals surface area contributed by atoms with Gasteiger partial charge in [-0.2, -0.15) is 5.26 Å². The molecule has 2 atom stereocenters. The van der Waals surface area contributed by atoms with Gasteiger partial charge in [0, 0.05) is 23.6 Å². The second-order valence-electron chi connectivity index (χ2n) is 7.74. The Hall–Kier alpha value is -2.53. The SMILES string of the molecule is CCS(=O)NC1CCc2c(-c3cnc(-c4ccc(OC(C)C)c(C#N)c4)s3)cccc21. The summed E-state index contributed by atoms with van der Waals surface area (Å²) >= 11 is 1.62. The van der Waals surface area contributed by atoms with Crippen LogP contribution in [0.1, 0.15) is 49.9 Å². The average molecular weight is 452 g/mol. The van der Waals surface area contributed by atoms with E-state index in [0.29, 0.717) is 17.1 Å². The third-order valence-corrected chi connectivity index (χ3v) is 7.44. The van der Waals surface area contributed by atoms with Crippen LogP contribution in [0.4, 0.5) is 0 Å². The minimum atomic E-state index is -1.00. The second-order valence-corrected chi connectivity index (χ2v) is 10.3. The molecule has 2 unspecified atom stereocenters. The fourth-order valence-electron chi connectivity index (χ4n) is 3.89. The fraction of sp³-hybridized carbons (Fsp3) is 0.333. The lowest BCUT2D eigenvalue weighted by Crippen LogP contribution is -2.22. The molecule has 0 spiro atoms. The van der Waals surface area contributed by atoms with E-state index >= 15 is 0 Å². The van der Waals surface area contributed by atoms with Gasteiger partial charge in [-0.1, -0.05) is 25.1 Å². The van der Waals surface area contributed by atoms with Gasteiger partial charge >= 0.3 is 0 Å². The number of aromatic nitrogens is 1. The first kappa shape index (κ1) is 21.7. The van der Waals surface area contributed by atoms with E-state index in [1.54, 1.807) is 11.3 Å². The lowest BCUT2D eigenvalue weighted by Gasteiger charge is -2.13. The molecule has 0 fully saturated rings. The highest BCUT2D eigenvalue weighted by Crippen LogP contribution is 2.41. The topological polar surface area (TPSA) is 75.0 Å². The van der Waals surface area contributed by atoms with Crippen LogP contribution >= 0.6 is 11.3 Å². The number of thiazole rings is 1. The van der Waals surface area contributed by atoms with E-state index in [0.717, 1.165) is 28.3 Å². The predicted molar refractivity (Wildman–Crippen MR) is 126 cm³/mol. The number of hydrogen-bond donors (Lipinski definition) is 1. The molecule has 0 saturated heterocycles. The lowest BCUT2D eigenvalue weighted by atomic mass is 10.0. The smallest absolute Gasteiger partial charge is 0.137 e. The number of nitrogens with zero attached hydrogens (tertiary/aromatic N) is 2. The van der Waals surface area contributed by atoms with Crippen LogP contribution in [0.5, 0.6) is 5.75 Å². The Morgan fingerprint density at radius 2 is 2.19 bits per heavy atom. The van der Waals surface area contributed by atoms with Gasteiger partial charge < -0.3 is 4.74 Å². The number of fused-ring (bicyclic) bond motifs is 1. The molecule has 5 nitrogen and oxygen atoms in total. The van der Waals surface area contributed by atoms with E-state index in [2.05, 4.69) is 34.0 Å². The van der Waals surface area contributed by atoms with E-state index in [1.165, 1.54) is 16.7 Å². The predicted octanol–water partition coefficient (Wildman–Crippen LogP) is 5.40. The fourth-order valence-corrected chi connectivity index (χ4v) is 5.58. The first-order chi connectivity index (χ1) is 15.0. The van der Waals surface area contributed by atoms with E-state index in [4.69, 9.17) is 4.74 Å². The Kier molecular flexibility index (Phi) is 6.51. The van der Waals surface area contributed by atoms with Gasteiger partial charge in [0.15, 0.2) is 0 Å². The molecule has 2 aromatic carbocycles. The zero-order chi connectivity index (χ0) is 22.0. The largest absolute Gasteiger partial charge is 0.490 e. The molecule has 0 aliphatic heterocycles. The van der Waals surface area contributed by atoms with Crippen LogP contribution in [-0.4, -0.2) is 21.0 Å². The maximum atomic E-state index is 12.0. The van der Waals surface area contributed by atoms with Crippen LogP contribution in [0.15, 0.2) is 42.6 Å². The molecule has 1 heterocycles. The quantitative estimate of drug-likeness (QED) is 0.522. The van der Waals surface area contributed by atoms with Crippen LogP contribution in [-0.2, 0) is 17.4 Å². The standard InChI is InChI=1S/C24H25N3O2S2/c1-4-31(28)27-21-10-9-18-19(21)6-5-7-20(18)23-14-26-24(30-23)16-8-11-22(29-15(2)3)17(12-16)13-25/h5-8,11-12,14-15,21,27H,4,9-10H2,1-3H3. The Labute approximate surface area is 189 Å². The molecule has 0 bridgehead atoms. The van der Waals surface area contributed by atoms with Gasteiger partial charge in [-0.3, -0.25) is 0 Å². The Bertz CT molecular complexity index is 1160. The van der Waals surface area contributed by atoms with Crippen molar-refractivity contribution < 1.29 is 8.95 Å². The number of benzene rings is 2. The number of rotatable bonds is 7. The van der Waals surface area contributed by atoms with E-state index < -0.39 is 11.0 Å². The molecule has 31 heavy (non-hydrogen) atoms. The van der Waals surface area contributed by atoms with Crippen molar-refractivity contribution in [3.8, 4) is 32.8 Å². The molecule has 7 heteroatoms. The van der Waals surface area contributed by atoms with E-state index in [9.17, 15) is 9.47 Å². The molecule has 4 rings (SSSR count). The second kappa shape index (κ2) is 9.31. The first-order valence-electron chi connectivity index (χ1n) is 10.4. The first-order valence-corrected chi connectivity index (χ1v) is 12.6. The van der Waals surface area contributed by atoms with Crippen molar-refractivity contribution in [1.29, 1.82) is 5.26 Å². The number of nitriles is 1. The summed E-state index contributed by atoms with van der Waals surface area (Å²) in [5, 5.41) is 10.4. The minimum absolute atomic E-state index is 0.0117. The van der Waals surface area contributed by atoms with Gasteiger partial charge in [-0.25, -0.2) is 13.9 Å². The molecule has 1 aliphatic rings. The molecule has 1 N–H and O–H groups in total. The van der Waals surface area contributed by atoms with Crippen molar-refractivity contribution in [1.82, 2.24) is 9.71 Å². The molecule has 0 saturated carbocycles. The molecule has 3 aromatic rings. The summed E-state index contributed by atoms with van der Waals surface area (Å²) in [5.74, 6) is 1.21. The third-order valence-electron chi connectivity index (χ3n) is 5.29. The maximum Gasteiger partial charge on any atom is 0.137 e. The minimum Gasteiger partial charge on any atom is -0.490 e. The molecule has 0 radical (unpaired) electrons. The molecule has 160 valence electrons. The number of nitrogens with one attached hydrogen (secondary N) is 1. The van der Waals surface area contributed by atoms with Crippen LogP contribution in [0.25, 0.3) is 21.0 Å². The van der Waals surface area contributed by atoms with Crippen LogP contribution < -0.4 is 9.46 Å². The Morgan fingerprint density at radius 1 is 1.35 bits per heavy atom. The monoisotopic (exact) mass is 451 g/mol. The summed E-state index contributed by atoms with van der Waals surface area (Å²) in [7, 11) is -1.00. The number of hydrogen-bond acceptors (Lipinski definition) is 5. The van der Waals surface area contributed by atoms with Gasteiger partial charge in [-0.05, 0) is 61.6 Å². The van der Waals surface area contributed by atoms with E-state index in [-0.39, 0.29) is 12.1 Å². The average Bonchev–Trinajstić information content (AvgIpc) is 3.41. The molecule has 0 amide bonds. The summed E-state index contributed by atoms with van der Waals surface area (Å²) < 4.78 is 21.0. The van der Waals surface area contributed by atoms with Crippen LogP contribution in [0.2, 0.25) is 0 Å². The van der Waals surface area contributed by atoms with Crippen molar-refractivity contribution in [3.63, 3.8) is 0 Å². The maximum absolute atomic E-state index is 12.0. The summed E-state index contributed by atoms with van der Waals surface area (Å²) in [6.07, 6.45) is 3.83. The number of ether oxygens (including phenoxy) is 1. The van der Waals surface area contributed by atoms with Gasteiger partial charge in [0.1, 0.15) is 16.8 Å². The summed E-state index contributed by atoms with van der Waals surface area (Å²) in [6.45, 7) is 5.81. The summed E-state index contributed by atoms with van der Waals surface area (Å²) in [5.41, 5.74) is 5.15. The zero-order valence-corrected chi connectivity index (χ0v) is 19.5. The molecule has 1 aromatic heterocycles. The molecular formula is C24H25N3O2S2. The third kappa shape index (κ3) is 4.57. The molecular weight excluding hydrogens is 426 g/mol. The van der Waals surface area contributed by atoms with Crippen LogP contribution in [0, 0.1) is 11.3 Å². The van der Waals surface area contributed by atoms with Crippen molar-refractivity contribution in [3.05, 3.63) is 59.3 Å². The van der Waals surface area contributed by atoms with Gasteiger partial charge in [-0.15, -0.1) is 11.3 Å². The van der Waals surface area contributed by atoms with Gasteiger partial charge in [0.25, 0.3) is 0 Å². The normalized spacial score (nSPS) is 16.2. The van der Waals surface area contributed by atoms with Crippen molar-refractivity contribution >= 4 is 22.3 Å². The Balaban J connectivity index is 1.64. The molecule has 1 aliphatic carbocycles. The van der Waals surface area contributed by atoms with E-state index in [1.807, 2.05) is 45.2 Å². The van der Waals surface area contributed by atoms with Crippen molar-refractivity contribution in [2.75, 3.05) is 5.75 Å². The van der Waals surface area contributed by atoms with Crippen molar-refractivity contribution in [2.45, 2.75) is 45.8 Å². The van der Waals surface area contributed by atoms with Crippen LogP contribution in [0.3, 0.4) is 0 Å². The Morgan fingerprint density at radius 3 is 2.94 bits per heavy atom. The van der Waals surface area contributed by atoms with Crippen molar-refractivity contribution in [2.24, 2.45) is 0 Å². The lowest BCUT2D eigenvalue weighted by molar-refractivity contribution is 0.242. The summed E-state index contributed by atoms with van der Waals surface area (Å²) in [6, 6.07) is 14.3. The zero-order valence-electron chi connectivity index (χ0n) is 17.8. The van der Waals surface area contributed by atoms with Gasteiger partial charge in [0.2, 0.25) is 0 Å².